The molecule has 0 atom stereocenters. The molecule has 7 nitrogen and oxygen atoms in total. The summed E-state index contributed by atoms with van der Waals surface area (Å²) < 4.78 is 17.9. The van der Waals surface area contributed by atoms with E-state index < -0.39 is 28.2 Å². The molecule has 19 heavy (non-hydrogen) atoms. The van der Waals surface area contributed by atoms with Crippen molar-refractivity contribution >= 4 is 11.7 Å². The molecule has 98 valence electrons. The molecule has 0 spiro atoms. The number of hydrogen-bond donors (Lipinski definition) is 1. The highest BCUT2D eigenvalue weighted by molar-refractivity contribution is 5.86. The molecule has 0 radical (unpaired) electrons. The molecule has 0 bridgehead atoms. The van der Waals surface area contributed by atoms with E-state index in [4.69, 9.17) is 9.52 Å². The Kier molecular flexibility index (Phi) is 2.99. The molecule has 0 unspecified atom stereocenters. The SMILES string of the molecule is Cc1nc(-c2ccc(F)cc2[N+](=O)[O-])oc1C(=O)O. The summed E-state index contributed by atoms with van der Waals surface area (Å²) in [7, 11) is 0. The van der Waals surface area contributed by atoms with Crippen molar-refractivity contribution in [2.24, 2.45) is 0 Å². The monoisotopic (exact) mass is 266 g/mol. The maximum absolute atomic E-state index is 13.0. The predicted molar refractivity (Wildman–Crippen MR) is 60.2 cm³/mol. The molecule has 0 saturated carbocycles. The highest BCUT2D eigenvalue weighted by Crippen LogP contribution is 2.31. The quantitative estimate of drug-likeness (QED) is 0.675. The topological polar surface area (TPSA) is 106 Å². The van der Waals surface area contributed by atoms with Crippen LogP contribution in [0, 0.1) is 22.9 Å². The molecule has 2 rings (SSSR count). The molecule has 0 aliphatic heterocycles. The van der Waals surface area contributed by atoms with E-state index in [9.17, 15) is 19.3 Å². The lowest BCUT2D eigenvalue weighted by atomic mass is 10.2. The lowest BCUT2D eigenvalue weighted by Crippen LogP contribution is -1.95. The number of aromatic carboxylic acids is 1. The number of rotatable bonds is 3. The summed E-state index contributed by atoms with van der Waals surface area (Å²) in [5.74, 6) is -2.76. The number of oxazole rings is 1. The molecule has 0 aliphatic rings. The van der Waals surface area contributed by atoms with Crippen molar-refractivity contribution in [3.8, 4) is 11.5 Å². The van der Waals surface area contributed by atoms with Crippen LogP contribution in [0.5, 0.6) is 0 Å². The molecule has 1 aromatic carbocycles. The fraction of sp³-hybridized carbons (Fsp3) is 0.0909. The third-order valence-corrected chi connectivity index (χ3v) is 2.38. The molecular weight excluding hydrogens is 259 g/mol. The third kappa shape index (κ3) is 2.28. The van der Waals surface area contributed by atoms with Crippen LogP contribution < -0.4 is 0 Å². The Bertz CT molecular complexity index is 680. The third-order valence-electron chi connectivity index (χ3n) is 2.38. The Morgan fingerprint density at radius 2 is 2.21 bits per heavy atom. The first-order valence-corrected chi connectivity index (χ1v) is 5.05. The van der Waals surface area contributed by atoms with Gasteiger partial charge in [-0.2, -0.15) is 0 Å². The maximum Gasteiger partial charge on any atom is 0.373 e. The van der Waals surface area contributed by atoms with Crippen LogP contribution in [-0.2, 0) is 0 Å². The van der Waals surface area contributed by atoms with Crippen molar-refractivity contribution in [3.05, 3.63) is 45.6 Å². The van der Waals surface area contributed by atoms with Gasteiger partial charge in [-0.05, 0) is 19.1 Å². The summed E-state index contributed by atoms with van der Waals surface area (Å²) >= 11 is 0. The van der Waals surface area contributed by atoms with E-state index in [0.29, 0.717) is 0 Å². The van der Waals surface area contributed by atoms with E-state index in [0.717, 1.165) is 18.2 Å². The minimum atomic E-state index is -1.33. The van der Waals surface area contributed by atoms with E-state index >= 15 is 0 Å². The van der Waals surface area contributed by atoms with E-state index in [1.54, 1.807) is 0 Å². The number of aryl methyl sites for hydroxylation is 1. The molecule has 1 aromatic heterocycles. The van der Waals surface area contributed by atoms with Gasteiger partial charge in [0, 0.05) is 0 Å². The number of aromatic nitrogens is 1. The number of benzene rings is 1. The Labute approximate surface area is 105 Å². The maximum atomic E-state index is 13.0. The summed E-state index contributed by atoms with van der Waals surface area (Å²) in [6.07, 6.45) is 0. The molecule has 0 fully saturated rings. The van der Waals surface area contributed by atoms with E-state index in [1.165, 1.54) is 6.92 Å². The van der Waals surface area contributed by atoms with Crippen molar-refractivity contribution in [1.82, 2.24) is 4.98 Å². The average molecular weight is 266 g/mol. The van der Waals surface area contributed by atoms with Gasteiger partial charge in [0.2, 0.25) is 11.7 Å². The van der Waals surface area contributed by atoms with Crippen molar-refractivity contribution in [1.29, 1.82) is 0 Å². The predicted octanol–water partition coefficient (Wildman–Crippen LogP) is 2.40. The van der Waals surface area contributed by atoms with Crippen LogP contribution in [0.15, 0.2) is 22.6 Å². The Morgan fingerprint density at radius 3 is 2.74 bits per heavy atom. The summed E-state index contributed by atoms with van der Waals surface area (Å²) in [6.45, 7) is 1.39. The zero-order valence-corrected chi connectivity index (χ0v) is 9.58. The first-order valence-electron chi connectivity index (χ1n) is 5.05. The van der Waals surface area contributed by atoms with Gasteiger partial charge < -0.3 is 9.52 Å². The van der Waals surface area contributed by atoms with Crippen molar-refractivity contribution in [2.45, 2.75) is 6.92 Å². The van der Waals surface area contributed by atoms with Gasteiger partial charge in [0.25, 0.3) is 5.69 Å². The number of carboxylic acids is 1. The second-order valence-electron chi connectivity index (χ2n) is 3.66. The second-order valence-corrected chi connectivity index (χ2v) is 3.66. The molecule has 0 amide bonds. The molecule has 2 aromatic rings. The van der Waals surface area contributed by atoms with Gasteiger partial charge >= 0.3 is 5.97 Å². The minimum absolute atomic E-state index is 0.0815. The van der Waals surface area contributed by atoms with Gasteiger partial charge in [-0.15, -0.1) is 0 Å². The van der Waals surface area contributed by atoms with Crippen LogP contribution in [-0.4, -0.2) is 21.0 Å². The average Bonchev–Trinajstić information content (AvgIpc) is 2.71. The zero-order chi connectivity index (χ0) is 14.2. The number of carboxylic acid groups (broad SMARTS) is 1. The Morgan fingerprint density at radius 1 is 1.53 bits per heavy atom. The summed E-state index contributed by atoms with van der Waals surface area (Å²) in [4.78, 5) is 24.6. The number of nitro groups is 1. The largest absolute Gasteiger partial charge is 0.475 e. The zero-order valence-electron chi connectivity index (χ0n) is 9.58. The summed E-state index contributed by atoms with van der Waals surface area (Å²) in [5.41, 5.74) is -0.540. The van der Waals surface area contributed by atoms with E-state index in [-0.39, 0.29) is 17.1 Å². The summed E-state index contributed by atoms with van der Waals surface area (Å²) in [6, 6.07) is 2.84. The number of nitrogens with zero attached hydrogens (tertiary/aromatic N) is 2. The molecule has 1 N–H and O–H groups in total. The molecule has 8 heteroatoms. The molecular formula is C11H7FN2O5. The van der Waals surface area contributed by atoms with E-state index in [2.05, 4.69) is 4.98 Å². The van der Waals surface area contributed by atoms with Gasteiger partial charge in [-0.1, -0.05) is 0 Å². The van der Waals surface area contributed by atoms with Crippen LogP contribution in [0.1, 0.15) is 16.2 Å². The highest BCUT2D eigenvalue weighted by atomic mass is 19.1. The fourth-order valence-corrected chi connectivity index (χ4v) is 1.55. The highest BCUT2D eigenvalue weighted by Gasteiger charge is 2.23. The van der Waals surface area contributed by atoms with Gasteiger partial charge in [-0.25, -0.2) is 14.2 Å². The number of nitro benzene ring substituents is 1. The van der Waals surface area contributed by atoms with Crippen molar-refractivity contribution in [2.75, 3.05) is 0 Å². The van der Waals surface area contributed by atoms with Gasteiger partial charge in [0.05, 0.1) is 16.7 Å². The lowest BCUT2D eigenvalue weighted by molar-refractivity contribution is -0.384. The Balaban J connectivity index is 2.62. The smallest absolute Gasteiger partial charge is 0.373 e. The normalized spacial score (nSPS) is 10.4. The number of hydrogen-bond acceptors (Lipinski definition) is 5. The van der Waals surface area contributed by atoms with Gasteiger partial charge in [-0.3, -0.25) is 10.1 Å². The van der Waals surface area contributed by atoms with Crippen LogP contribution in [0.4, 0.5) is 10.1 Å². The molecule has 0 aliphatic carbocycles. The van der Waals surface area contributed by atoms with Gasteiger partial charge in [0.15, 0.2) is 0 Å². The first-order chi connectivity index (χ1) is 8.90. The van der Waals surface area contributed by atoms with Crippen molar-refractivity contribution < 1.29 is 23.6 Å². The molecule has 0 saturated heterocycles. The molecule has 1 heterocycles. The number of carbonyl (C=O) groups is 1. The van der Waals surface area contributed by atoms with Gasteiger partial charge in [0.1, 0.15) is 11.4 Å². The first kappa shape index (κ1) is 12.7. The van der Waals surface area contributed by atoms with Crippen LogP contribution >= 0.6 is 0 Å². The van der Waals surface area contributed by atoms with Crippen LogP contribution in [0.2, 0.25) is 0 Å². The standard InChI is InChI=1S/C11H7FN2O5/c1-5-9(11(15)16)19-10(13-5)7-3-2-6(12)4-8(7)14(17)18/h2-4H,1H3,(H,15,16). The second kappa shape index (κ2) is 4.48. The number of halogens is 1. The fourth-order valence-electron chi connectivity index (χ4n) is 1.55. The van der Waals surface area contributed by atoms with Crippen LogP contribution in [0.3, 0.4) is 0 Å². The Hall–Kier alpha value is -2.77. The van der Waals surface area contributed by atoms with Crippen molar-refractivity contribution in [3.63, 3.8) is 0 Å². The summed E-state index contributed by atoms with van der Waals surface area (Å²) in [5, 5.41) is 19.6. The van der Waals surface area contributed by atoms with E-state index in [1.807, 2.05) is 0 Å². The van der Waals surface area contributed by atoms with Crippen LogP contribution in [0.25, 0.3) is 11.5 Å². The minimum Gasteiger partial charge on any atom is -0.475 e. The lowest BCUT2D eigenvalue weighted by Gasteiger charge is -1.98.